The van der Waals surface area contributed by atoms with Crippen LogP contribution in [0.1, 0.15) is 44.0 Å². The summed E-state index contributed by atoms with van der Waals surface area (Å²) in [7, 11) is 0. The fourth-order valence-electron chi connectivity index (χ4n) is 2.10. The Morgan fingerprint density at radius 3 is 2.53 bits per heavy atom. The van der Waals surface area contributed by atoms with Gasteiger partial charge in [-0.05, 0) is 49.6 Å². The minimum atomic E-state index is 0.225. The molecule has 0 saturated heterocycles. The number of aryl methyl sites for hydroxylation is 1. The fraction of sp³-hybridized carbons (Fsp3) is 0.353. The van der Waals surface area contributed by atoms with Crippen molar-refractivity contribution in [1.82, 2.24) is 4.98 Å². The number of pyridine rings is 1. The quantitative estimate of drug-likeness (QED) is 0.815. The van der Waals surface area contributed by atoms with Gasteiger partial charge in [-0.3, -0.25) is 4.98 Å². The Labute approximate surface area is 115 Å². The maximum atomic E-state index is 4.37. The average Bonchev–Trinajstić information content (AvgIpc) is 2.47. The molecule has 0 saturated carbocycles. The number of unbranched alkanes of at least 4 members (excludes halogenated alkanes) is 1. The normalized spacial score (nSPS) is 12.1. The van der Waals surface area contributed by atoms with E-state index in [2.05, 4.69) is 48.4 Å². The van der Waals surface area contributed by atoms with Gasteiger partial charge < -0.3 is 5.32 Å². The molecule has 2 nitrogen and oxygen atoms in total. The molecule has 2 heteroatoms. The zero-order chi connectivity index (χ0) is 13.5. The molecular formula is C17H22N2. The molecule has 0 radical (unpaired) electrons. The van der Waals surface area contributed by atoms with Crippen molar-refractivity contribution in [3.8, 4) is 0 Å². The third-order valence-electron chi connectivity index (χ3n) is 3.29. The molecule has 1 heterocycles. The highest BCUT2D eigenvalue weighted by atomic mass is 14.9. The van der Waals surface area contributed by atoms with E-state index in [1.165, 1.54) is 24.8 Å². The Bertz CT molecular complexity index is 476. The first kappa shape index (κ1) is 13.6. The first-order chi connectivity index (χ1) is 9.29. The highest BCUT2D eigenvalue weighted by Gasteiger charge is 2.05. The lowest BCUT2D eigenvalue weighted by Crippen LogP contribution is -2.08. The molecule has 0 aliphatic rings. The lowest BCUT2D eigenvalue weighted by atomic mass is 10.1. The molecule has 1 atom stereocenters. The predicted molar refractivity (Wildman–Crippen MR) is 81.3 cm³/mol. The van der Waals surface area contributed by atoms with Crippen molar-refractivity contribution in [2.45, 2.75) is 39.2 Å². The Kier molecular flexibility index (Phi) is 4.96. The molecule has 2 aromatic rings. The lowest BCUT2D eigenvalue weighted by molar-refractivity contribution is 0.794. The van der Waals surface area contributed by atoms with E-state index in [0.29, 0.717) is 0 Å². The molecule has 19 heavy (non-hydrogen) atoms. The Morgan fingerprint density at radius 1 is 1.11 bits per heavy atom. The molecule has 2 rings (SSSR count). The van der Waals surface area contributed by atoms with E-state index < -0.39 is 0 Å². The summed E-state index contributed by atoms with van der Waals surface area (Å²) in [6.07, 6.45) is 5.52. The largest absolute Gasteiger partial charge is 0.377 e. The highest BCUT2D eigenvalue weighted by Crippen LogP contribution is 2.18. The molecule has 0 fully saturated rings. The first-order valence-electron chi connectivity index (χ1n) is 7.06. The number of hydrogen-bond donors (Lipinski definition) is 1. The summed E-state index contributed by atoms with van der Waals surface area (Å²) in [6, 6.07) is 15.0. The number of rotatable bonds is 6. The summed E-state index contributed by atoms with van der Waals surface area (Å²) in [6.45, 7) is 4.36. The third kappa shape index (κ3) is 4.09. The van der Waals surface area contributed by atoms with Gasteiger partial charge in [-0.15, -0.1) is 0 Å². The topological polar surface area (TPSA) is 24.9 Å². The molecule has 0 aliphatic carbocycles. The number of aromatic nitrogens is 1. The third-order valence-corrected chi connectivity index (χ3v) is 3.29. The standard InChI is InChI=1S/C17H22N2/c1-3-4-7-15-9-11-16(12-10-15)19-14(2)17-8-5-6-13-18-17/h5-6,8-14,19H,3-4,7H2,1-2H3. The van der Waals surface area contributed by atoms with E-state index >= 15 is 0 Å². The van der Waals surface area contributed by atoms with Gasteiger partial charge in [0.05, 0.1) is 11.7 Å². The van der Waals surface area contributed by atoms with Crippen molar-refractivity contribution in [2.75, 3.05) is 5.32 Å². The first-order valence-corrected chi connectivity index (χ1v) is 7.06. The van der Waals surface area contributed by atoms with Gasteiger partial charge in [0.15, 0.2) is 0 Å². The van der Waals surface area contributed by atoms with Gasteiger partial charge >= 0.3 is 0 Å². The number of hydrogen-bond acceptors (Lipinski definition) is 2. The van der Waals surface area contributed by atoms with Crippen molar-refractivity contribution < 1.29 is 0 Å². The second-order valence-electron chi connectivity index (χ2n) is 4.92. The van der Waals surface area contributed by atoms with Gasteiger partial charge in [0.2, 0.25) is 0 Å². The van der Waals surface area contributed by atoms with Crippen LogP contribution in [0.5, 0.6) is 0 Å². The van der Waals surface area contributed by atoms with E-state index in [1.54, 1.807) is 0 Å². The molecule has 0 amide bonds. The van der Waals surface area contributed by atoms with Gasteiger partial charge in [-0.25, -0.2) is 0 Å². The van der Waals surface area contributed by atoms with Crippen LogP contribution in [0.25, 0.3) is 0 Å². The van der Waals surface area contributed by atoms with Gasteiger partial charge in [0.25, 0.3) is 0 Å². The minimum absolute atomic E-state index is 0.225. The fourth-order valence-corrected chi connectivity index (χ4v) is 2.10. The molecule has 0 spiro atoms. The molecule has 1 unspecified atom stereocenters. The van der Waals surface area contributed by atoms with E-state index in [4.69, 9.17) is 0 Å². The molecule has 100 valence electrons. The average molecular weight is 254 g/mol. The van der Waals surface area contributed by atoms with Crippen molar-refractivity contribution in [3.63, 3.8) is 0 Å². The van der Waals surface area contributed by atoms with E-state index in [0.717, 1.165) is 11.4 Å². The molecule has 1 aromatic carbocycles. The monoisotopic (exact) mass is 254 g/mol. The van der Waals surface area contributed by atoms with Gasteiger partial charge in [0, 0.05) is 11.9 Å². The van der Waals surface area contributed by atoms with Gasteiger partial charge in [0.1, 0.15) is 0 Å². The van der Waals surface area contributed by atoms with Crippen LogP contribution in [0.3, 0.4) is 0 Å². The summed E-state index contributed by atoms with van der Waals surface area (Å²) in [5, 5.41) is 3.48. The summed E-state index contributed by atoms with van der Waals surface area (Å²) in [4.78, 5) is 4.37. The maximum Gasteiger partial charge on any atom is 0.0657 e. The molecular weight excluding hydrogens is 232 g/mol. The number of nitrogens with zero attached hydrogens (tertiary/aromatic N) is 1. The zero-order valence-corrected chi connectivity index (χ0v) is 11.8. The van der Waals surface area contributed by atoms with Crippen molar-refractivity contribution in [1.29, 1.82) is 0 Å². The van der Waals surface area contributed by atoms with Crippen molar-refractivity contribution in [2.24, 2.45) is 0 Å². The number of benzene rings is 1. The Morgan fingerprint density at radius 2 is 1.89 bits per heavy atom. The smallest absolute Gasteiger partial charge is 0.0657 e. The summed E-state index contributed by atoms with van der Waals surface area (Å²) in [5.74, 6) is 0. The molecule has 0 aliphatic heterocycles. The summed E-state index contributed by atoms with van der Waals surface area (Å²) < 4.78 is 0. The zero-order valence-electron chi connectivity index (χ0n) is 11.8. The second kappa shape index (κ2) is 6.93. The minimum Gasteiger partial charge on any atom is -0.377 e. The molecule has 1 N–H and O–H groups in total. The van der Waals surface area contributed by atoms with Crippen LogP contribution in [-0.4, -0.2) is 4.98 Å². The Hall–Kier alpha value is -1.83. The van der Waals surface area contributed by atoms with Crippen LogP contribution < -0.4 is 5.32 Å². The SMILES string of the molecule is CCCCc1ccc(NC(C)c2ccccn2)cc1. The highest BCUT2D eigenvalue weighted by molar-refractivity contribution is 5.46. The Balaban J connectivity index is 1.96. The summed E-state index contributed by atoms with van der Waals surface area (Å²) in [5.41, 5.74) is 3.63. The van der Waals surface area contributed by atoms with Crippen LogP contribution in [0, 0.1) is 0 Å². The van der Waals surface area contributed by atoms with Crippen LogP contribution in [-0.2, 0) is 6.42 Å². The van der Waals surface area contributed by atoms with Gasteiger partial charge in [-0.1, -0.05) is 31.5 Å². The van der Waals surface area contributed by atoms with Crippen LogP contribution in [0.2, 0.25) is 0 Å². The van der Waals surface area contributed by atoms with E-state index in [9.17, 15) is 0 Å². The van der Waals surface area contributed by atoms with E-state index in [1.807, 2.05) is 24.4 Å². The number of nitrogens with one attached hydrogen (secondary N) is 1. The van der Waals surface area contributed by atoms with Gasteiger partial charge in [-0.2, -0.15) is 0 Å². The maximum absolute atomic E-state index is 4.37. The predicted octanol–water partition coefficient (Wildman–Crippen LogP) is 4.60. The number of anilines is 1. The van der Waals surface area contributed by atoms with Crippen LogP contribution in [0.4, 0.5) is 5.69 Å². The van der Waals surface area contributed by atoms with Crippen LogP contribution >= 0.6 is 0 Å². The molecule has 1 aromatic heterocycles. The lowest BCUT2D eigenvalue weighted by Gasteiger charge is -2.15. The van der Waals surface area contributed by atoms with Crippen LogP contribution in [0.15, 0.2) is 48.7 Å². The van der Waals surface area contributed by atoms with Crippen molar-refractivity contribution in [3.05, 3.63) is 59.9 Å². The summed E-state index contributed by atoms with van der Waals surface area (Å²) >= 11 is 0. The second-order valence-corrected chi connectivity index (χ2v) is 4.92. The molecule has 0 bridgehead atoms. The van der Waals surface area contributed by atoms with E-state index in [-0.39, 0.29) is 6.04 Å². The van der Waals surface area contributed by atoms with Crippen molar-refractivity contribution >= 4 is 5.69 Å².